The molecule has 1 saturated carbocycles. The molecule has 2 N–H and O–H groups in total. The Morgan fingerprint density at radius 1 is 0.848 bits per heavy atom. The first-order valence-electron chi connectivity index (χ1n) is 17.9. The Kier molecular flexibility index (Phi) is 12.3. The van der Waals surface area contributed by atoms with Gasteiger partial charge in [0.2, 0.25) is 5.95 Å². The lowest BCUT2D eigenvalue weighted by atomic mass is 9.95. The SMILES string of the molecule is O=C(CCCCCCCc1ccc(Nc2nc(NC3CCCCC3)c3ncn(C4CCCCO4)c3n2)cc1)COC1CCCCO1. The average Bonchev–Trinajstić information content (AvgIpc) is 3.53. The van der Waals surface area contributed by atoms with Crippen molar-refractivity contribution in [3.63, 3.8) is 0 Å². The second-order valence-corrected chi connectivity index (χ2v) is 13.3. The maximum absolute atomic E-state index is 12.1. The maximum Gasteiger partial charge on any atom is 0.231 e. The Bertz CT molecular complexity index is 1360. The summed E-state index contributed by atoms with van der Waals surface area (Å²) < 4.78 is 19.3. The van der Waals surface area contributed by atoms with E-state index in [0.717, 1.165) is 119 Å². The number of ether oxygens (including phenoxy) is 3. The Balaban J connectivity index is 0.971. The minimum atomic E-state index is -0.182. The van der Waals surface area contributed by atoms with E-state index in [4.69, 9.17) is 29.2 Å². The molecule has 0 bridgehead atoms. The van der Waals surface area contributed by atoms with Gasteiger partial charge in [0, 0.05) is 31.4 Å². The summed E-state index contributed by atoms with van der Waals surface area (Å²) in [5.41, 5.74) is 3.92. The molecule has 2 aromatic heterocycles. The number of carbonyl (C=O) groups is 1. The molecule has 10 heteroatoms. The van der Waals surface area contributed by atoms with Crippen molar-refractivity contribution in [2.45, 2.75) is 134 Å². The van der Waals surface area contributed by atoms with Crippen LogP contribution in [0.2, 0.25) is 0 Å². The second-order valence-electron chi connectivity index (χ2n) is 13.3. The van der Waals surface area contributed by atoms with E-state index in [2.05, 4.69) is 39.5 Å². The van der Waals surface area contributed by atoms with Crippen molar-refractivity contribution >= 4 is 34.4 Å². The second kappa shape index (κ2) is 17.2. The van der Waals surface area contributed by atoms with Crippen molar-refractivity contribution in [2.75, 3.05) is 30.5 Å². The third kappa shape index (κ3) is 9.48. The van der Waals surface area contributed by atoms with E-state index in [1.54, 1.807) is 0 Å². The van der Waals surface area contributed by atoms with Gasteiger partial charge in [-0.1, -0.05) is 50.7 Å². The average molecular weight is 633 g/mol. The first-order valence-corrected chi connectivity index (χ1v) is 17.9. The number of ketones is 1. The number of unbranched alkanes of at least 4 members (excludes halogenated alkanes) is 4. The van der Waals surface area contributed by atoms with Gasteiger partial charge in [0.05, 0.1) is 6.33 Å². The van der Waals surface area contributed by atoms with Gasteiger partial charge in [-0.3, -0.25) is 9.36 Å². The third-order valence-electron chi connectivity index (χ3n) is 9.53. The molecule has 2 saturated heterocycles. The number of nitrogens with zero attached hydrogens (tertiary/aromatic N) is 4. The van der Waals surface area contributed by atoms with Gasteiger partial charge in [-0.2, -0.15) is 9.97 Å². The van der Waals surface area contributed by atoms with Crippen LogP contribution in [-0.2, 0) is 25.4 Å². The lowest BCUT2D eigenvalue weighted by Crippen LogP contribution is -2.25. The molecular formula is C36H52N6O4. The van der Waals surface area contributed by atoms with Gasteiger partial charge in [0.15, 0.2) is 29.1 Å². The number of hydrogen-bond acceptors (Lipinski definition) is 9. The van der Waals surface area contributed by atoms with E-state index < -0.39 is 0 Å². The number of hydrogen-bond donors (Lipinski definition) is 2. The van der Waals surface area contributed by atoms with Crippen LogP contribution < -0.4 is 10.6 Å². The first-order chi connectivity index (χ1) is 22.7. The minimum absolute atomic E-state index is 0.0353. The molecule has 0 amide bonds. The number of fused-ring (bicyclic) bond motifs is 1. The molecule has 3 aromatic rings. The van der Waals surface area contributed by atoms with Crippen molar-refractivity contribution in [2.24, 2.45) is 0 Å². The fourth-order valence-corrected chi connectivity index (χ4v) is 6.83. The van der Waals surface area contributed by atoms with Crippen LogP contribution in [0.15, 0.2) is 30.6 Å². The Labute approximate surface area is 273 Å². The van der Waals surface area contributed by atoms with Gasteiger partial charge in [-0.25, -0.2) is 4.98 Å². The van der Waals surface area contributed by atoms with E-state index in [1.165, 1.54) is 31.2 Å². The lowest BCUT2D eigenvalue weighted by molar-refractivity contribution is -0.169. The van der Waals surface area contributed by atoms with E-state index in [-0.39, 0.29) is 24.9 Å². The fraction of sp³-hybridized carbons (Fsp3) is 0.667. The highest BCUT2D eigenvalue weighted by atomic mass is 16.7. The molecule has 4 heterocycles. The van der Waals surface area contributed by atoms with Gasteiger partial charge in [0.1, 0.15) is 12.8 Å². The van der Waals surface area contributed by atoms with Gasteiger partial charge < -0.3 is 24.8 Å². The topological polar surface area (TPSA) is 112 Å². The molecule has 10 nitrogen and oxygen atoms in total. The van der Waals surface area contributed by atoms with Crippen LogP contribution in [0.1, 0.15) is 121 Å². The number of aromatic nitrogens is 4. The molecule has 2 unspecified atom stereocenters. The van der Waals surface area contributed by atoms with Crippen molar-refractivity contribution < 1.29 is 19.0 Å². The van der Waals surface area contributed by atoms with Gasteiger partial charge in [-0.05, 0) is 88.3 Å². The van der Waals surface area contributed by atoms with Gasteiger partial charge >= 0.3 is 0 Å². The summed E-state index contributed by atoms with van der Waals surface area (Å²) in [6.07, 6.45) is 21.3. The number of imidazole rings is 1. The highest BCUT2D eigenvalue weighted by Crippen LogP contribution is 2.31. The molecule has 3 aliphatic rings. The molecular weight excluding hydrogens is 580 g/mol. The monoisotopic (exact) mass is 632 g/mol. The number of anilines is 3. The summed E-state index contributed by atoms with van der Waals surface area (Å²) in [4.78, 5) is 26.7. The minimum Gasteiger partial charge on any atom is -0.365 e. The van der Waals surface area contributed by atoms with E-state index in [1.807, 2.05) is 6.33 Å². The number of rotatable bonds is 16. The van der Waals surface area contributed by atoms with Crippen LogP contribution in [0.5, 0.6) is 0 Å². The largest absolute Gasteiger partial charge is 0.365 e. The van der Waals surface area contributed by atoms with Crippen LogP contribution in [0.3, 0.4) is 0 Å². The predicted molar refractivity (Wildman–Crippen MR) is 180 cm³/mol. The standard InChI is InChI=1S/C36H52N6O4/c43-30(25-46-32-18-10-12-24-45-32)16-8-3-1-2-5-13-27-19-21-29(22-20-27)39-36-40-34(38-28-14-6-4-7-15-28)33-35(41-36)42(26-37-33)31-17-9-11-23-44-31/h19-22,26,28,31-32H,1-18,23-25H2,(H2,38,39,40,41). The van der Waals surface area contributed by atoms with Gasteiger partial charge in [0.25, 0.3) is 0 Å². The lowest BCUT2D eigenvalue weighted by Gasteiger charge is -2.25. The van der Waals surface area contributed by atoms with Crippen LogP contribution >= 0.6 is 0 Å². The van der Waals surface area contributed by atoms with E-state index >= 15 is 0 Å². The highest BCUT2D eigenvalue weighted by Gasteiger charge is 2.23. The first kappa shape index (κ1) is 32.8. The summed E-state index contributed by atoms with van der Waals surface area (Å²) in [5.74, 6) is 1.56. The van der Waals surface area contributed by atoms with Crippen LogP contribution in [0.4, 0.5) is 17.5 Å². The number of carbonyl (C=O) groups excluding carboxylic acids is 1. The van der Waals surface area contributed by atoms with Crippen molar-refractivity contribution in [3.8, 4) is 0 Å². The van der Waals surface area contributed by atoms with E-state index in [9.17, 15) is 4.79 Å². The Hall–Kier alpha value is -3.08. The zero-order valence-corrected chi connectivity index (χ0v) is 27.4. The van der Waals surface area contributed by atoms with Crippen LogP contribution in [-0.4, -0.2) is 57.5 Å². The Morgan fingerprint density at radius 3 is 2.39 bits per heavy atom. The molecule has 2 aliphatic heterocycles. The summed E-state index contributed by atoms with van der Waals surface area (Å²) in [7, 11) is 0. The van der Waals surface area contributed by atoms with Crippen molar-refractivity contribution in [3.05, 3.63) is 36.2 Å². The number of aryl methyl sites for hydroxylation is 1. The molecule has 3 fully saturated rings. The zero-order chi connectivity index (χ0) is 31.4. The summed E-state index contributed by atoms with van der Waals surface area (Å²) in [6.45, 7) is 1.71. The molecule has 6 rings (SSSR count). The normalized spacial score (nSPS) is 21.0. The van der Waals surface area contributed by atoms with Crippen molar-refractivity contribution in [1.29, 1.82) is 0 Å². The van der Waals surface area contributed by atoms with Crippen molar-refractivity contribution in [1.82, 2.24) is 19.5 Å². The molecule has 2 atom stereocenters. The fourth-order valence-electron chi connectivity index (χ4n) is 6.83. The summed E-state index contributed by atoms with van der Waals surface area (Å²) in [6, 6.07) is 9.03. The zero-order valence-electron chi connectivity index (χ0n) is 27.4. The molecule has 1 aliphatic carbocycles. The predicted octanol–water partition coefficient (Wildman–Crippen LogP) is 8.01. The quantitative estimate of drug-likeness (QED) is 0.152. The molecule has 1 aromatic carbocycles. The molecule has 46 heavy (non-hydrogen) atoms. The van der Waals surface area contributed by atoms with Crippen LogP contribution in [0, 0.1) is 0 Å². The summed E-state index contributed by atoms with van der Waals surface area (Å²) >= 11 is 0. The molecule has 0 spiro atoms. The molecule has 0 radical (unpaired) electrons. The maximum atomic E-state index is 12.1. The summed E-state index contributed by atoms with van der Waals surface area (Å²) in [5, 5.41) is 7.17. The van der Waals surface area contributed by atoms with E-state index in [0.29, 0.717) is 18.4 Å². The number of nitrogens with one attached hydrogen (secondary N) is 2. The third-order valence-corrected chi connectivity index (χ3v) is 9.53. The van der Waals surface area contributed by atoms with Crippen LogP contribution in [0.25, 0.3) is 11.2 Å². The number of benzene rings is 1. The highest BCUT2D eigenvalue weighted by molar-refractivity contribution is 5.85. The Morgan fingerprint density at radius 2 is 1.61 bits per heavy atom. The van der Waals surface area contributed by atoms with Gasteiger partial charge in [-0.15, -0.1) is 0 Å². The molecule has 250 valence electrons. The smallest absolute Gasteiger partial charge is 0.231 e. The number of Topliss-reactive ketones (excluding diaryl/α,β-unsaturated/α-hetero) is 1.